The van der Waals surface area contributed by atoms with Crippen LogP contribution in [0.1, 0.15) is 32.6 Å². The molecule has 0 radical (unpaired) electrons. The molecule has 3 rings (SSSR count). The van der Waals surface area contributed by atoms with E-state index in [-0.39, 0.29) is 5.25 Å². The van der Waals surface area contributed by atoms with Gasteiger partial charge in [-0.25, -0.2) is 0 Å². The SMILES string of the molecule is CCn1c(SC2CCCCC2=O)nnc1-c1ccc(Cl)cc1. The molecule has 1 aromatic heterocycles. The van der Waals surface area contributed by atoms with Crippen LogP contribution in [-0.4, -0.2) is 25.8 Å². The van der Waals surface area contributed by atoms with Crippen LogP contribution in [0.25, 0.3) is 11.4 Å². The fraction of sp³-hybridized carbons (Fsp3) is 0.438. The lowest BCUT2D eigenvalue weighted by molar-refractivity contribution is -0.119. The van der Waals surface area contributed by atoms with E-state index in [9.17, 15) is 4.79 Å². The first-order valence-corrected chi connectivity index (χ1v) is 8.83. The van der Waals surface area contributed by atoms with E-state index in [0.717, 1.165) is 42.4 Å². The summed E-state index contributed by atoms with van der Waals surface area (Å²) in [5.74, 6) is 1.17. The van der Waals surface area contributed by atoms with Crippen molar-refractivity contribution in [1.82, 2.24) is 14.8 Å². The molecule has 1 unspecified atom stereocenters. The van der Waals surface area contributed by atoms with Crippen molar-refractivity contribution in [3.63, 3.8) is 0 Å². The molecule has 1 saturated carbocycles. The third-order valence-electron chi connectivity index (χ3n) is 3.88. The highest BCUT2D eigenvalue weighted by molar-refractivity contribution is 8.00. The van der Waals surface area contributed by atoms with Gasteiger partial charge >= 0.3 is 0 Å². The molecule has 0 amide bonds. The van der Waals surface area contributed by atoms with Gasteiger partial charge in [0.2, 0.25) is 0 Å². The number of benzene rings is 1. The highest BCUT2D eigenvalue weighted by Crippen LogP contribution is 2.32. The summed E-state index contributed by atoms with van der Waals surface area (Å²) >= 11 is 7.49. The summed E-state index contributed by atoms with van der Waals surface area (Å²) in [5.41, 5.74) is 0.987. The Morgan fingerprint density at radius 2 is 2.05 bits per heavy atom. The van der Waals surface area contributed by atoms with E-state index in [0.29, 0.717) is 17.2 Å². The lowest BCUT2D eigenvalue weighted by atomic mass is 9.99. The molecule has 0 N–H and O–H groups in total. The fourth-order valence-electron chi connectivity index (χ4n) is 2.68. The van der Waals surface area contributed by atoms with E-state index < -0.39 is 0 Å². The molecule has 1 atom stereocenters. The Hall–Kier alpha value is -1.33. The highest BCUT2D eigenvalue weighted by Gasteiger charge is 2.26. The minimum Gasteiger partial charge on any atom is -0.302 e. The van der Waals surface area contributed by atoms with Gasteiger partial charge in [0.15, 0.2) is 11.0 Å². The first kappa shape index (κ1) is 15.6. The molecule has 0 bridgehead atoms. The quantitative estimate of drug-likeness (QED) is 0.839. The normalized spacial score (nSPS) is 18.6. The van der Waals surface area contributed by atoms with Crippen molar-refractivity contribution in [1.29, 1.82) is 0 Å². The number of hydrogen-bond donors (Lipinski definition) is 0. The Kier molecular flexibility index (Phi) is 4.84. The Bertz CT molecular complexity index is 669. The predicted molar refractivity (Wildman–Crippen MR) is 89.3 cm³/mol. The Balaban J connectivity index is 1.87. The number of ketones is 1. The number of rotatable bonds is 4. The Morgan fingerprint density at radius 1 is 1.27 bits per heavy atom. The molecule has 1 fully saturated rings. The van der Waals surface area contributed by atoms with Crippen LogP contribution >= 0.6 is 23.4 Å². The van der Waals surface area contributed by atoms with Crippen molar-refractivity contribution in [3.8, 4) is 11.4 Å². The van der Waals surface area contributed by atoms with Crippen LogP contribution in [0.5, 0.6) is 0 Å². The largest absolute Gasteiger partial charge is 0.302 e. The van der Waals surface area contributed by atoms with Crippen molar-refractivity contribution in [2.75, 3.05) is 0 Å². The van der Waals surface area contributed by atoms with E-state index in [4.69, 9.17) is 11.6 Å². The van der Waals surface area contributed by atoms with Gasteiger partial charge in [-0.2, -0.15) is 0 Å². The number of halogens is 1. The molecule has 0 spiro atoms. The average molecular weight is 336 g/mol. The van der Waals surface area contributed by atoms with Gasteiger partial charge in [0.25, 0.3) is 0 Å². The second-order valence-corrected chi connectivity index (χ2v) is 6.98. The number of Topliss-reactive ketones (excluding diaryl/α,β-unsaturated/α-hetero) is 1. The molecule has 1 heterocycles. The zero-order valence-corrected chi connectivity index (χ0v) is 14.0. The van der Waals surface area contributed by atoms with Crippen LogP contribution < -0.4 is 0 Å². The summed E-state index contributed by atoms with van der Waals surface area (Å²) in [4.78, 5) is 12.0. The number of thioether (sulfide) groups is 1. The monoisotopic (exact) mass is 335 g/mol. The predicted octanol–water partition coefficient (Wildman–Crippen LogP) is 4.22. The van der Waals surface area contributed by atoms with Gasteiger partial charge < -0.3 is 4.57 Å². The van der Waals surface area contributed by atoms with Crippen LogP contribution in [0.15, 0.2) is 29.4 Å². The topological polar surface area (TPSA) is 47.8 Å². The summed E-state index contributed by atoms with van der Waals surface area (Å²) in [6, 6.07) is 7.59. The van der Waals surface area contributed by atoms with Crippen molar-refractivity contribution in [3.05, 3.63) is 29.3 Å². The number of nitrogens with zero attached hydrogens (tertiary/aromatic N) is 3. The number of aromatic nitrogens is 3. The molecule has 116 valence electrons. The van der Waals surface area contributed by atoms with Gasteiger partial charge in [0.1, 0.15) is 5.78 Å². The van der Waals surface area contributed by atoms with Crippen LogP contribution in [0.2, 0.25) is 5.02 Å². The van der Waals surface area contributed by atoms with Crippen molar-refractivity contribution >= 4 is 29.1 Å². The first-order valence-electron chi connectivity index (χ1n) is 7.57. The van der Waals surface area contributed by atoms with E-state index in [1.165, 1.54) is 0 Å². The molecule has 1 aromatic carbocycles. The summed E-state index contributed by atoms with van der Waals surface area (Å²) < 4.78 is 2.07. The summed E-state index contributed by atoms with van der Waals surface area (Å²) in [5, 5.41) is 10.2. The molecule has 0 saturated heterocycles. The Morgan fingerprint density at radius 3 is 2.73 bits per heavy atom. The van der Waals surface area contributed by atoms with Crippen molar-refractivity contribution in [2.45, 2.75) is 49.6 Å². The van der Waals surface area contributed by atoms with Gasteiger partial charge in [-0.15, -0.1) is 10.2 Å². The molecule has 0 aliphatic heterocycles. The van der Waals surface area contributed by atoms with E-state index in [1.54, 1.807) is 11.8 Å². The molecule has 4 nitrogen and oxygen atoms in total. The molecular weight excluding hydrogens is 318 g/mol. The lowest BCUT2D eigenvalue weighted by Crippen LogP contribution is -2.21. The minimum atomic E-state index is 0.0290. The maximum atomic E-state index is 12.0. The van der Waals surface area contributed by atoms with Gasteiger partial charge in [-0.05, 0) is 44.0 Å². The number of carbonyl (C=O) groups excluding carboxylic acids is 1. The second-order valence-electron chi connectivity index (χ2n) is 5.38. The third-order valence-corrected chi connectivity index (χ3v) is 5.43. The van der Waals surface area contributed by atoms with Crippen LogP contribution in [0, 0.1) is 0 Å². The molecule has 22 heavy (non-hydrogen) atoms. The highest BCUT2D eigenvalue weighted by atomic mass is 35.5. The van der Waals surface area contributed by atoms with Crippen LogP contribution in [-0.2, 0) is 11.3 Å². The first-order chi connectivity index (χ1) is 10.7. The van der Waals surface area contributed by atoms with E-state index in [1.807, 2.05) is 24.3 Å². The molecule has 1 aliphatic carbocycles. The van der Waals surface area contributed by atoms with Crippen LogP contribution in [0.3, 0.4) is 0 Å². The number of hydrogen-bond acceptors (Lipinski definition) is 4. The minimum absolute atomic E-state index is 0.0290. The summed E-state index contributed by atoms with van der Waals surface area (Å²) in [7, 11) is 0. The summed E-state index contributed by atoms with van der Waals surface area (Å²) in [6.45, 7) is 2.84. The fourth-order valence-corrected chi connectivity index (χ4v) is 4.02. The van der Waals surface area contributed by atoms with Crippen LogP contribution in [0.4, 0.5) is 0 Å². The zero-order valence-electron chi connectivity index (χ0n) is 12.5. The maximum absolute atomic E-state index is 12.0. The van der Waals surface area contributed by atoms with Gasteiger partial charge in [-0.3, -0.25) is 4.79 Å². The van der Waals surface area contributed by atoms with Crippen molar-refractivity contribution < 1.29 is 4.79 Å². The molecule has 1 aliphatic rings. The molecule has 2 aromatic rings. The molecule has 6 heteroatoms. The van der Waals surface area contributed by atoms with E-state index >= 15 is 0 Å². The number of carbonyl (C=O) groups is 1. The average Bonchev–Trinajstić information content (AvgIpc) is 2.93. The Labute approximate surface area is 139 Å². The lowest BCUT2D eigenvalue weighted by Gasteiger charge is -2.19. The van der Waals surface area contributed by atoms with Gasteiger partial charge in [0, 0.05) is 23.6 Å². The van der Waals surface area contributed by atoms with E-state index in [2.05, 4.69) is 21.7 Å². The molecular formula is C16H18ClN3OS. The van der Waals surface area contributed by atoms with Crippen molar-refractivity contribution in [2.24, 2.45) is 0 Å². The second kappa shape index (κ2) is 6.84. The third kappa shape index (κ3) is 3.20. The summed E-state index contributed by atoms with van der Waals surface area (Å²) in [6.07, 6.45) is 3.78. The zero-order chi connectivity index (χ0) is 15.5. The van der Waals surface area contributed by atoms with Gasteiger partial charge in [-0.1, -0.05) is 29.8 Å². The standard InChI is InChI=1S/C16H18ClN3OS/c1-2-20-15(11-7-9-12(17)10-8-11)18-19-16(20)22-14-6-4-3-5-13(14)21/h7-10,14H,2-6H2,1H3. The maximum Gasteiger partial charge on any atom is 0.192 e. The van der Waals surface area contributed by atoms with Gasteiger partial charge in [0.05, 0.1) is 5.25 Å². The smallest absolute Gasteiger partial charge is 0.192 e.